The van der Waals surface area contributed by atoms with Crippen LogP contribution in [0.2, 0.25) is 0 Å². The Morgan fingerprint density at radius 3 is 2.32 bits per heavy atom. The highest BCUT2D eigenvalue weighted by atomic mass is 32.2. The first-order valence-electron chi connectivity index (χ1n) is 13.5. The zero-order valence-corrected chi connectivity index (χ0v) is 23.7. The molecule has 0 saturated carbocycles. The quantitative estimate of drug-likeness (QED) is 0.268. The lowest BCUT2D eigenvalue weighted by atomic mass is 9.89. The fraction of sp³-hybridized carbons (Fsp3) is 0.290. The number of ether oxygens (including phenoxy) is 2. The van der Waals surface area contributed by atoms with Gasteiger partial charge in [0.05, 0.1) is 35.9 Å². The van der Waals surface area contributed by atoms with Gasteiger partial charge < -0.3 is 14.6 Å². The van der Waals surface area contributed by atoms with Crippen molar-refractivity contribution >= 4 is 32.9 Å². The zero-order valence-electron chi connectivity index (χ0n) is 22.9. The van der Waals surface area contributed by atoms with E-state index in [9.17, 15) is 23.1 Å². The molecule has 0 spiro atoms. The van der Waals surface area contributed by atoms with E-state index in [0.717, 1.165) is 5.56 Å². The molecule has 0 fully saturated rings. The molecule has 0 saturated heterocycles. The summed E-state index contributed by atoms with van der Waals surface area (Å²) in [6.45, 7) is 2.22. The lowest BCUT2D eigenvalue weighted by molar-refractivity contribution is -0.151. The van der Waals surface area contributed by atoms with Gasteiger partial charge in [-0.3, -0.25) is 14.5 Å². The third kappa shape index (κ3) is 5.45. The summed E-state index contributed by atoms with van der Waals surface area (Å²) in [7, 11) is -2.63. The second-order valence-corrected chi connectivity index (χ2v) is 11.7. The van der Waals surface area contributed by atoms with Gasteiger partial charge in [0.1, 0.15) is 11.8 Å². The third-order valence-electron chi connectivity index (χ3n) is 7.47. The predicted molar refractivity (Wildman–Crippen MR) is 153 cm³/mol. The Morgan fingerprint density at radius 1 is 1.00 bits per heavy atom. The van der Waals surface area contributed by atoms with Gasteiger partial charge >= 0.3 is 11.9 Å². The monoisotopic (exact) mass is 576 g/mol. The first kappa shape index (κ1) is 28.4. The Bertz CT molecular complexity index is 1670. The summed E-state index contributed by atoms with van der Waals surface area (Å²) < 4.78 is 40.9. The van der Waals surface area contributed by atoms with Crippen LogP contribution < -0.4 is 4.74 Å². The van der Waals surface area contributed by atoms with Crippen molar-refractivity contribution in [1.29, 1.82) is 0 Å². The number of hydrogen-bond donors (Lipinski definition) is 1. The summed E-state index contributed by atoms with van der Waals surface area (Å²) in [6, 6.07) is 21.4. The van der Waals surface area contributed by atoms with Crippen molar-refractivity contribution in [2.24, 2.45) is 0 Å². The molecule has 5 rings (SSSR count). The van der Waals surface area contributed by atoms with Crippen molar-refractivity contribution in [3.05, 3.63) is 95.7 Å². The van der Waals surface area contributed by atoms with Crippen molar-refractivity contribution in [2.45, 2.75) is 49.7 Å². The molecule has 2 heterocycles. The van der Waals surface area contributed by atoms with Gasteiger partial charge in [0.15, 0.2) is 0 Å². The number of nitrogens with zero attached hydrogens (tertiary/aromatic N) is 2. The van der Waals surface area contributed by atoms with E-state index in [1.54, 1.807) is 43.3 Å². The summed E-state index contributed by atoms with van der Waals surface area (Å²) in [4.78, 5) is 27.3. The van der Waals surface area contributed by atoms with Crippen LogP contribution in [0.15, 0.2) is 83.8 Å². The van der Waals surface area contributed by atoms with E-state index < -0.39 is 34.0 Å². The molecule has 0 unspecified atom stereocenters. The van der Waals surface area contributed by atoms with Gasteiger partial charge in [-0.25, -0.2) is 12.4 Å². The molecule has 0 aliphatic carbocycles. The number of fused-ring (bicyclic) bond motifs is 3. The number of methoxy groups -OCH3 is 1. The number of aliphatic carboxylic acids is 1. The summed E-state index contributed by atoms with van der Waals surface area (Å²) in [5.74, 6) is -0.975. The van der Waals surface area contributed by atoms with Crippen molar-refractivity contribution in [3.8, 4) is 5.75 Å². The molecule has 2 atom stereocenters. The number of benzene rings is 3. The van der Waals surface area contributed by atoms with Crippen LogP contribution in [0.3, 0.4) is 0 Å². The van der Waals surface area contributed by atoms with Gasteiger partial charge in [-0.1, -0.05) is 48.5 Å². The highest BCUT2D eigenvalue weighted by Crippen LogP contribution is 2.45. The summed E-state index contributed by atoms with van der Waals surface area (Å²) in [5.41, 5.74) is 2.44. The van der Waals surface area contributed by atoms with Gasteiger partial charge in [-0.15, -0.1) is 0 Å². The van der Waals surface area contributed by atoms with Crippen molar-refractivity contribution < 1.29 is 32.6 Å². The van der Waals surface area contributed by atoms with Crippen LogP contribution in [0.25, 0.3) is 10.9 Å². The Labute approximate surface area is 239 Å². The fourth-order valence-electron chi connectivity index (χ4n) is 5.68. The smallest absolute Gasteiger partial charge is 0.323 e. The maximum Gasteiger partial charge on any atom is 0.323 e. The molecule has 0 bridgehead atoms. The van der Waals surface area contributed by atoms with E-state index in [-0.39, 0.29) is 30.8 Å². The number of esters is 1. The first-order valence-corrected chi connectivity index (χ1v) is 14.9. The average molecular weight is 577 g/mol. The zero-order chi connectivity index (χ0) is 29.1. The Hall–Kier alpha value is -4.15. The maximum absolute atomic E-state index is 14.3. The van der Waals surface area contributed by atoms with Crippen LogP contribution in [0.5, 0.6) is 5.75 Å². The molecule has 1 N–H and O–H groups in total. The summed E-state index contributed by atoms with van der Waals surface area (Å²) in [6.07, 6.45) is 0.0642. The highest BCUT2D eigenvalue weighted by molar-refractivity contribution is 7.90. The lowest BCUT2D eigenvalue weighted by Crippen LogP contribution is -2.49. The number of carboxylic acids is 1. The third-order valence-corrected chi connectivity index (χ3v) is 9.21. The van der Waals surface area contributed by atoms with E-state index in [1.807, 2.05) is 35.2 Å². The number of aromatic nitrogens is 1. The van der Waals surface area contributed by atoms with Crippen molar-refractivity contribution in [1.82, 2.24) is 8.87 Å². The molecule has 0 radical (unpaired) electrons. The molecule has 214 valence electrons. The largest absolute Gasteiger partial charge is 0.497 e. The van der Waals surface area contributed by atoms with Crippen LogP contribution in [0, 0.1) is 0 Å². The summed E-state index contributed by atoms with van der Waals surface area (Å²) in [5, 5.41) is 10.4. The maximum atomic E-state index is 14.3. The molecule has 1 aliphatic rings. The summed E-state index contributed by atoms with van der Waals surface area (Å²) >= 11 is 0. The Balaban J connectivity index is 1.82. The normalized spacial score (nSPS) is 17.2. The number of carbonyl (C=O) groups is 2. The number of carbonyl (C=O) groups excluding carboxylic acids is 1. The van der Waals surface area contributed by atoms with Crippen LogP contribution in [0.4, 0.5) is 0 Å². The van der Waals surface area contributed by atoms with E-state index in [0.29, 0.717) is 34.5 Å². The van der Waals surface area contributed by atoms with Gasteiger partial charge in [-0.2, -0.15) is 0 Å². The average Bonchev–Trinajstić information content (AvgIpc) is 3.31. The first-order chi connectivity index (χ1) is 19.8. The van der Waals surface area contributed by atoms with Crippen LogP contribution >= 0.6 is 0 Å². The Kier molecular flexibility index (Phi) is 8.14. The molecule has 41 heavy (non-hydrogen) atoms. The minimum absolute atomic E-state index is 0.0861. The van der Waals surface area contributed by atoms with Crippen LogP contribution in [0.1, 0.15) is 42.6 Å². The fourth-order valence-corrected chi connectivity index (χ4v) is 7.29. The van der Waals surface area contributed by atoms with E-state index >= 15 is 0 Å². The van der Waals surface area contributed by atoms with E-state index in [2.05, 4.69) is 0 Å². The molecular weight excluding hydrogens is 544 g/mol. The van der Waals surface area contributed by atoms with Gasteiger partial charge in [0, 0.05) is 30.8 Å². The van der Waals surface area contributed by atoms with Gasteiger partial charge in [-0.05, 0) is 48.7 Å². The minimum Gasteiger partial charge on any atom is -0.497 e. The van der Waals surface area contributed by atoms with Crippen LogP contribution in [-0.2, 0) is 37.3 Å². The molecule has 0 amide bonds. The number of rotatable bonds is 10. The number of carboxylic acid groups (broad SMARTS) is 1. The molecular formula is C31H32N2O7S. The molecule has 1 aromatic heterocycles. The van der Waals surface area contributed by atoms with Crippen LogP contribution in [-0.4, -0.2) is 54.1 Å². The van der Waals surface area contributed by atoms with Crippen molar-refractivity contribution in [3.63, 3.8) is 0 Å². The van der Waals surface area contributed by atoms with E-state index in [1.165, 1.54) is 23.2 Å². The van der Waals surface area contributed by atoms with Gasteiger partial charge in [0.25, 0.3) is 10.0 Å². The standard InChI is InChI=1S/C31H32N2O7S/c1-3-40-31(36)28-19-25-24-15-14-22(39-2)18-27(24)33(41(37,38)23-12-8-5-9-13-23)30(25)26(16-17-29(34)35)32(28)20-21-10-6-4-7-11-21/h4-15,18,26,28H,3,16-17,19-20H2,1-2H3,(H,34,35)/t26-,28+/m0/s1. The minimum atomic E-state index is -4.13. The second kappa shape index (κ2) is 11.8. The molecule has 1 aliphatic heterocycles. The molecule has 9 nitrogen and oxygen atoms in total. The topological polar surface area (TPSA) is 115 Å². The molecule has 3 aromatic carbocycles. The van der Waals surface area contributed by atoms with Crippen molar-refractivity contribution in [2.75, 3.05) is 13.7 Å². The second-order valence-electron chi connectivity index (χ2n) is 9.91. The number of hydrogen-bond acceptors (Lipinski definition) is 7. The predicted octanol–water partition coefficient (Wildman–Crippen LogP) is 4.78. The van der Waals surface area contributed by atoms with Gasteiger partial charge in [0.2, 0.25) is 0 Å². The highest BCUT2D eigenvalue weighted by Gasteiger charge is 2.44. The lowest BCUT2D eigenvalue weighted by Gasteiger charge is -2.41. The molecule has 10 heteroatoms. The molecule has 4 aromatic rings. The van der Waals surface area contributed by atoms with E-state index in [4.69, 9.17) is 9.47 Å². The Morgan fingerprint density at radius 2 is 1.68 bits per heavy atom. The SMILES string of the molecule is CCOC(=O)[C@H]1Cc2c(n(S(=O)(=O)c3ccccc3)c3cc(OC)ccc23)[C@H](CCC(=O)O)N1Cc1ccccc1.